The maximum Gasteiger partial charge on any atom is 0.343 e. The summed E-state index contributed by atoms with van der Waals surface area (Å²) in [6.07, 6.45) is 20.0. The van der Waals surface area contributed by atoms with Gasteiger partial charge in [-0.2, -0.15) is 0 Å². The fraction of sp³-hybridized carbons (Fsp3) is 0.513. The number of esters is 1. The van der Waals surface area contributed by atoms with Crippen LogP contribution in [-0.4, -0.2) is 5.97 Å². The summed E-state index contributed by atoms with van der Waals surface area (Å²) in [5, 5.41) is 0. The molecule has 2 nitrogen and oxygen atoms in total. The first kappa shape index (κ1) is 32.0. The van der Waals surface area contributed by atoms with E-state index in [0.717, 1.165) is 41.9 Å². The molecule has 226 valence electrons. The lowest BCUT2D eigenvalue weighted by Gasteiger charge is -2.29. The quantitative estimate of drug-likeness (QED) is 0.0972. The molecule has 4 rings (SSSR count). The molecule has 0 bridgehead atoms. The van der Waals surface area contributed by atoms with Crippen LogP contribution in [0.15, 0.2) is 66.7 Å². The first-order valence-electron chi connectivity index (χ1n) is 16.8. The zero-order chi connectivity index (χ0) is 29.6. The number of unbranched alkanes of at least 4 members (excludes halogenated alkanes) is 8. The first-order valence-corrected chi connectivity index (χ1v) is 16.8. The van der Waals surface area contributed by atoms with E-state index in [2.05, 4.69) is 38.1 Å². The van der Waals surface area contributed by atoms with Crippen molar-refractivity contribution in [2.24, 2.45) is 5.92 Å². The third-order valence-corrected chi connectivity index (χ3v) is 9.16. The summed E-state index contributed by atoms with van der Waals surface area (Å²) >= 11 is 0. The van der Waals surface area contributed by atoms with Gasteiger partial charge in [0.1, 0.15) is 11.6 Å². The Labute approximate surface area is 254 Å². The molecule has 0 heterocycles. The fourth-order valence-corrected chi connectivity index (χ4v) is 6.46. The van der Waals surface area contributed by atoms with Gasteiger partial charge in [0.25, 0.3) is 0 Å². The smallest absolute Gasteiger partial charge is 0.343 e. The summed E-state index contributed by atoms with van der Waals surface area (Å²) in [5.41, 5.74) is 4.59. The van der Waals surface area contributed by atoms with Gasteiger partial charge in [0.2, 0.25) is 0 Å². The second-order valence-corrected chi connectivity index (χ2v) is 12.4. The number of carbonyl (C=O) groups is 1. The normalized spacial score (nSPS) is 16.8. The van der Waals surface area contributed by atoms with Crippen molar-refractivity contribution in [2.45, 2.75) is 122 Å². The first-order chi connectivity index (χ1) is 20.6. The van der Waals surface area contributed by atoms with Crippen LogP contribution in [0.4, 0.5) is 4.39 Å². The Morgan fingerprint density at radius 3 is 1.95 bits per heavy atom. The van der Waals surface area contributed by atoms with Gasteiger partial charge in [-0.15, -0.1) is 0 Å². The zero-order valence-corrected chi connectivity index (χ0v) is 26.0. The van der Waals surface area contributed by atoms with Crippen molar-refractivity contribution in [2.75, 3.05) is 0 Å². The van der Waals surface area contributed by atoms with Gasteiger partial charge in [0.05, 0.1) is 5.56 Å². The number of hydrogen-bond donors (Lipinski definition) is 0. The topological polar surface area (TPSA) is 26.3 Å². The van der Waals surface area contributed by atoms with E-state index in [9.17, 15) is 4.79 Å². The second kappa shape index (κ2) is 17.2. The van der Waals surface area contributed by atoms with Crippen molar-refractivity contribution < 1.29 is 13.9 Å². The Bertz CT molecular complexity index is 1210. The van der Waals surface area contributed by atoms with Crippen molar-refractivity contribution in [3.8, 4) is 16.9 Å². The van der Waals surface area contributed by atoms with Gasteiger partial charge < -0.3 is 4.74 Å². The lowest BCUT2D eigenvalue weighted by Crippen LogP contribution is -2.15. The van der Waals surface area contributed by atoms with E-state index in [1.165, 1.54) is 95.1 Å². The summed E-state index contributed by atoms with van der Waals surface area (Å²) in [6, 6.07) is 21.1. The van der Waals surface area contributed by atoms with E-state index in [-0.39, 0.29) is 17.3 Å². The average Bonchev–Trinajstić information content (AvgIpc) is 3.02. The molecule has 0 aromatic heterocycles. The van der Waals surface area contributed by atoms with Crippen LogP contribution >= 0.6 is 0 Å². The van der Waals surface area contributed by atoms with Crippen LogP contribution in [0.3, 0.4) is 0 Å². The highest BCUT2D eigenvalue weighted by atomic mass is 19.1. The summed E-state index contributed by atoms with van der Waals surface area (Å²) in [6.45, 7) is 4.50. The second-order valence-electron chi connectivity index (χ2n) is 12.4. The Morgan fingerprint density at radius 1 is 0.714 bits per heavy atom. The molecule has 1 fully saturated rings. The molecule has 1 saturated carbocycles. The summed E-state index contributed by atoms with van der Waals surface area (Å²) in [5.74, 6) is 0.690. The molecule has 3 heteroatoms. The minimum atomic E-state index is -0.525. The molecule has 0 N–H and O–H groups in total. The summed E-state index contributed by atoms with van der Waals surface area (Å²) < 4.78 is 20.7. The van der Waals surface area contributed by atoms with Crippen molar-refractivity contribution in [1.29, 1.82) is 0 Å². The van der Waals surface area contributed by atoms with Crippen LogP contribution in [0, 0.1) is 11.7 Å². The molecule has 0 unspecified atom stereocenters. The molecular formula is C39H51FO2. The van der Waals surface area contributed by atoms with Gasteiger partial charge in [-0.3, -0.25) is 0 Å². The van der Waals surface area contributed by atoms with Crippen LogP contribution < -0.4 is 4.74 Å². The number of aryl methyl sites for hydroxylation is 1. The van der Waals surface area contributed by atoms with Gasteiger partial charge in [0, 0.05) is 0 Å². The highest BCUT2D eigenvalue weighted by Crippen LogP contribution is 2.39. The van der Waals surface area contributed by atoms with Crippen molar-refractivity contribution >= 4 is 5.97 Å². The number of halogens is 1. The van der Waals surface area contributed by atoms with Crippen LogP contribution in [0.25, 0.3) is 11.1 Å². The summed E-state index contributed by atoms with van der Waals surface area (Å²) in [4.78, 5) is 12.8. The van der Waals surface area contributed by atoms with Gasteiger partial charge in [-0.05, 0) is 96.9 Å². The van der Waals surface area contributed by atoms with E-state index in [4.69, 9.17) is 4.74 Å². The maximum atomic E-state index is 15.1. The van der Waals surface area contributed by atoms with Crippen molar-refractivity contribution in [1.82, 2.24) is 0 Å². The molecule has 1 aliphatic carbocycles. The van der Waals surface area contributed by atoms with E-state index in [0.29, 0.717) is 5.75 Å². The van der Waals surface area contributed by atoms with Crippen molar-refractivity contribution in [3.05, 3.63) is 89.2 Å². The van der Waals surface area contributed by atoms with E-state index in [1.54, 1.807) is 24.3 Å². The van der Waals surface area contributed by atoms with Gasteiger partial charge in [0.15, 0.2) is 0 Å². The lowest BCUT2D eigenvalue weighted by molar-refractivity contribution is 0.0734. The largest absolute Gasteiger partial charge is 0.423 e. The molecule has 0 spiro atoms. The third-order valence-electron chi connectivity index (χ3n) is 9.16. The molecule has 3 aromatic rings. The number of hydrogen-bond acceptors (Lipinski definition) is 2. The zero-order valence-electron chi connectivity index (χ0n) is 26.0. The standard InChI is InChI=1S/C39H51FO2/c1-3-5-7-9-10-12-14-31-17-21-34(22-18-31)37-28-25-35(29-38(37)40)39(41)42-36-26-23-33(24-27-36)32-19-15-30(16-20-32)13-11-8-6-4-2/h15-16,19-20,23-29,31,34H,3-14,17-18,21-22H2,1-2H3. The minimum absolute atomic E-state index is 0.249. The van der Waals surface area contributed by atoms with Crippen LogP contribution in [0.5, 0.6) is 5.75 Å². The SMILES string of the molecule is CCCCCCCCC1CCC(c2ccc(C(=O)Oc3ccc(-c4ccc(CCCCCC)cc4)cc3)cc2F)CC1. The number of ether oxygens (including phenoxy) is 1. The molecule has 0 radical (unpaired) electrons. The Hall–Kier alpha value is -2.94. The number of benzene rings is 3. The third kappa shape index (κ3) is 9.82. The highest BCUT2D eigenvalue weighted by Gasteiger charge is 2.25. The highest BCUT2D eigenvalue weighted by molar-refractivity contribution is 5.91. The number of carbonyl (C=O) groups excluding carboxylic acids is 1. The van der Waals surface area contributed by atoms with E-state index in [1.807, 2.05) is 12.1 Å². The average molecular weight is 571 g/mol. The predicted molar refractivity (Wildman–Crippen MR) is 174 cm³/mol. The lowest BCUT2D eigenvalue weighted by atomic mass is 9.76. The molecular weight excluding hydrogens is 519 g/mol. The molecule has 1 aliphatic rings. The van der Waals surface area contributed by atoms with E-state index < -0.39 is 5.97 Å². The van der Waals surface area contributed by atoms with Gasteiger partial charge in [-0.25, -0.2) is 9.18 Å². The Kier molecular flexibility index (Phi) is 13.1. The Morgan fingerprint density at radius 2 is 1.31 bits per heavy atom. The molecule has 0 amide bonds. The fourth-order valence-electron chi connectivity index (χ4n) is 6.46. The number of rotatable bonds is 16. The van der Waals surface area contributed by atoms with Gasteiger partial charge in [-0.1, -0.05) is 121 Å². The molecule has 0 aliphatic heterocycles. The van der Waals surface area contributed by atoms with E-state index >= 15 is 4.39 Å². The van der Waals surface area contributed by atoms with Crippen LogP contribution in [-0.2, 0) is 6.42 Å². The predicted octanol–water partition coefficient (Wildman–Crippen LogP) is 11.9. The van der Waals surface area contributed by atoms with Crippen LogP contribution in [0.2, 0.25) is 0 Å². The monoisotopic (exact) mass is 570 g/mol. The molecule has 3 aromatic carbocycles. The molecule has 42 heavy (non-hydrogen) atoms. The minimum Gasteiger partial charge on any atom is -0.423 e. The van der Waals surface area contributed by atoms with Crippen molar-refractivity contribution in [3.63, 3.8) is 0 Å². The van der Waals surface area contributed by atoms with Gasteiger partial charge >= 0.3 is 5.97 Å². The summed E-state index contributed by atoms with van der Waals surface area (Å²) in [7, 11) is 0. The molecule has 0 atom stereocenters. The maximum absolute atomic E-state index is 15.1. The molecule has 0 saturated heterocycles. The Balaban J connectivity index is 1.24. The van der Waals surface area contributed by atoms with Crippen LogP contribution in [0.1, 0.15) is 138 Å².